The SMILES string of the molecule is CC1(C)CCN(c2nccc(N)n2)CC1. The van der Waals surface area contributed by atoms with Crippen molar-refractivity contribution in [3.05, 3.63) is 12.3 Å². The second-order valence-corrected chi connectivity index (χ2v) is 4.93. The maximum atomic E-state index is 5.64. The first-order valence-electron chi connectivity index (χ1n) is 5.40. The molecular weight excluding hydrogens is 188 g/mol. The van der Waals surface area contributed by atoms with E-state index in [1.54, 1.807) is 12.3 Å². The van der Waals surface area contributed by atoms with E-state index >= 15 is 0 Å². The van der Waals surface area contributed by atoms with Gasteiger partial charge in [-0.3, -0.25) is 0 Å². The van der Waals surface area contributed by atoms with Gasteiger partial charge in [0.15, 0.2) is 0 Å². The minimum atomic E-state index is 0.455. The molecule has 1 aliphatic rings. The van der Waals surface area contributed by atoms with Crippen LogP contribution in [0.3, 0.4) is 0 Å². The van der Waals surface area contributed by atoms with Gasteiger partial charge in [-0.15, -0.1) is 0 Å². The van der Waals surface area contributed by atoms with Crippen molar-refractivity contribution in [1.29, 1.82) is 0 Å². The number of rotatable bonds is 1. The van der Waals surface area contributed by atoms with Crippen molar-refractivity contribution in [3.8, 4) is 0 Å². The summed E-state index contributed by atoms with van der Waals surface area (Å²) in [5.41, 5.74) is 6.10. The third kappa shape index (κ3) is 2.37. The fourth-order valence-corrected chi connectivity index (χ4v) is 1.83. The predicted octanol–water partition coefficient (Wildman–Crippen LogP) is 1.69. The molecule has 2 rings (SSSR count). The Balaban J connectivity index is 2.08. The lowest BCUT2D eigenvalue weighted by Crippen LogP contribution is -2.38. The van der Waals surface area contributed by atoms with Gasteiger partial charge in [0.25, 0.3) is 0 Å². The van der Waals surface area contributed by atoms with Crippen LogP contribution in [0, 0.1) is 5.41 Å². The Labute approximate surface area is 90.5 Å². The normalized spacial score (nSPS) is 20.3. The molecule has 0 aliphatic carbocycles. The summed E-state index contributed by atoms with van der Waals surface area (Å²) in [6, 6.07) is 1.72. The molecule has 4 heteroatoms. The number of nitrogens with zero attached hydrogens (tertiary/aromatic N) is 3. The molecule has 0 aromatic carbocycles. The Morgan fingerprint density at radius 2 is 2.00 bits per heavy atom. The summed E-state index contributed by atoms with van der Waals surface area (Å²) in [5.74, 6) is 1.32. The molecular formula is C11H18N4. The predicted molar refractivity (Wildman–Crippen MR) is 61.7 cm³/mol. The first-order chi connectivity index (χ1) is 7.07. The highest BCUT2D eigenvalue weighted by atomic mass is 15.3. The van der Waals surface area contributed by atoms with Crippen LogP contribution in [-0.2, 0) is 0 Å². The molecule has 0 atom stereocenters. The van der Waals surface area contributed by atoms with Crippen LogP contribution in [0.1, 0.15) is 26.7 Å². The number of hydrogen-bond acceptors (Lipinski definition) is 4. The van der Waals surface area contributed by atoms with E-state index in [1.165, 1.54) is 12.8 Å². The summed E-state index contributed by atoms with van der Waals surface area (Å²) in [6.07, 6.45) is 4.09. The van der Waals surface area contributed by atoms with Gasteiger partial charge in [-0.05, 0) is 24.3 Å². The van der Waals surface area contributed by atoms with E-state index < -0.39 is 0 Å². The lowest BCUT2D eigenvalue weighted by Gasteiger charge is -2.36. The van der Waals surface area contributed by atoms with Gasteiger partial charge < -0.3 is 10.6 Å². The lowest BCUT2D eigenvalue weighted by atomic mass is 9.83. The first-order valence-corrected chi connectivity index (χ1v) is 5.40. The van der Waals surface area contributed by atoms with Gasteiger partial charge in [0.1, 0.15) is 5.82 Å². The van der Waals surface area contributed by atoms with Gasteiger partial charge >= 0.3 is 0 Å². The van der Waals surface area contributed by atoms with Crippen molar-refractivity contribution < 1.29 is 0 Å². The Hall–Kier alpha value is -1.32. The molecule has 0 spiro atoms. The fourth-order valence-electron chi connectivity index (χ4n) is 1.83. The topological polar surface area (TPSA) is 55.0 Å². The van der Waals surface area contributed by atoms with Crippen molar-refractivity contribution >= 4 is 11.8 Å². The van der Waals surface area contributed by atoms with Crippen LogP contribution in [0.25, 0.3) is 0 Å². The Kier molecular flexibility index (Phi) is 2.50. The Morgan fingerprint density at radius 3 is 2.60 bits per heavy atom. The number of aromatic nitrogens is 2. The molecule has 0 amide bonds. The summed E-state index contributed by atoms with van der Waals surface area (Å²) < 4.78 is 0. The number of piperidine rings is 1. The molecule has 0 bridgehead atoms. The summed E-state index contributed by atoms with van der Waals surface area (Å²) >= 11 is 0. The minimum Gasteiger partial charge on any atom is -0.384 e. The molecule has 2 heterocycles. The highest BCUT2D eigenvalue weighted by Crippen LogP contribution is 2.30. The van der Waals surface area contributed by atoms with E-state index in [0.29, 0.717) is 11.2 Å². The smallest absolute Gasteiger partial charge is 0.227 e. The van der Waals surface area contributed by atoms with Crippen molar-refractivity contribution in [2.24, 2.45) is 5.41 Å². The van der Waals surface area contributed by atoms with Gasteiger partial charge in [-0.2, -0.15) is 4.98 Å². The molecule has 4 nitrogen and oxygen atoms in total. The van der Waals surface area contributed by atoms with Crippen LogP contribution in [0.4, 0.5) is 11.8 Å². The monoisotopic (exact) mass is 206 g/mol. The van der Waals surface area contributed by atoms with Crippen LogP contribution in [0.2, 0.25) is 0 Å². The third-order valence-electron chi connectivity index (χ3n) is 3.06. The fraction of sp³-hybridized carbons (Fsp3) is 0.636. The maximum absolute atomic E-state index is 5.64. The lowest BCUT2D eigenvalue weighted by molar-refractivity contribution is 0.278. The van der Waals surface area contributed by atoms with E-state index in [-0.39, 0.29) is 0 Å². The highest BCUT2D eigenvalue weighted by Gasteiger charge is 2.26. The molecule has 82 valence electrons. The molecule has 0 saturated carbocycles. The van der Waals surface area contributed by atoms with E-state index in [9.17, 15) is 0 Å². The maximum Gasteiger partial charge on any atom is 0.227 e. The van der Waals surface area contributed by atoms with Crippen molar-refractivity contribution in [2.45, 2.75) is 26.7 Å². The Bertz CT molecular complexity index is 338. The van der Waals surface area contributed by atoms with Gasteiger partial charge in [-0.1, -0.05) is 13.8 Å². The highest BCUT2D eigenvalue weighted by molar-refractivity contribution is 5.38. The van der Waals surface area contributed by atoms with E-state index in [4.69, 9.17) is 5.73 Å². The summed E-state index contributed by atoms with van der Waals surface area (Å²) in [4.78, 5) is 10.7. The van der Waals surface area contributed by atoms with Gasteiger partial charge in [-0.25, -0.2) is 4.98 Å². The molecule has 0 unspecified atom stereocenters. The molecule has 1 fully saturated rings. The summed E-state index contributed by atoms with van der Waals surface area (Å²) in [7, 11) is 0. The molecule has 1 saturated heterocycles. The van der Waals surface area contributed by atoms with Crippen LogP contribution < -0.4 is 10.6 Å². The number of anilines is 2. The zero-order valence-electron chi connectivity index (χ0n) is 9.40. The molecule has 0 radical (unpaired) electrons. The summed E-state index contributed by atoms with van der Waals surface area (Å²) in [6.45, 7) is 6.67. The number of nitrogen functional groups attached to an aromatic ring is 1. The molecule has 1 aromatic rings. The van der Waals surface area contributed by atoms with Crippen molar-refractivity contribution in [3.63, 3.8) is 0 Å². The van der Waals surface area contributed by atoms with Crippen LogP contribution in [-0.4, -0.2) is 23.1 Å². The van der Waals surface area contributed by atoms with Gasteiger partial charge in [0.2, 0.25) is 5.95 Å². The van der Waals surface area contributed by atoms with Crippen LogP contribution in [0.15, 0.2) is 12.3 Å². The van der Waals surface area contributed by atoms with Crippen LogP contribution in [0.5, 0.6) is 0 Å². The van der Waals surface area contributed by atoms with Crippen molar-refractivity contribution in [2.75, 3.05) is 23.7 Å². The quantitative estimate of drug-likeness (QED) is 0.759. The third-order valence-corrected chi connectivity index (χ3v) is 3.06. The average Bonchev–Trinajstić information content (AvgIpc) is 2.17. The Morgan fingerprint density at radius 1 is 1.33 bits per heavy atom. The van der Waals surface area contributed by atoms with E-state index in [1.807, 2.05) is 0 Å². The zero-order chi connectivity index (χ0) is 10.9. The van der Waals surface area contributed by atoms with Gasteiger partial charge in [0.05, 0.1) is 0 Å². The first kappa shape index (κ1) is 10.2. The summed E-state index contributed by atoms with van der Waals surface area (Å²) in [5, 5.41) is 0. The van der Waals surface area contributed by atoms with Crippen molar-refractivity contribution in [1.82, 2.24) is 9.97 Å². The van der Waals surface area contributed by atoms with Crippen LogP contribution >= 0.6 is 0 Å². The molecule has 15 heavy (non-hydrogen) atoms. The molecule has 2 N–H and O–H groups in total. The molecule has 1 aliphatic heterocycles. The standard InChI is InChI=1S/C11H18N4/c1-11(2)4-7-15(8-5-11)10-13-6-3-9(12)14-10/h3,6H,4-5,7-8H2,1-2H3,(H2,12,13,14). The molecule has 1 aromatic heterocycles. The van der Waals surface area contributed by atoms with E-state index in [2.05, 4.69) is 28.7 Å². The minimum absolute atomic E-state index is 0.455. The average molecular weight is 206 g/mol. The number of hydrogen-bond donors (Lipinski definition) is 1. The number of nitrogens with two attached hydrogens (primary N) is 1. The van der Waals surface area contributed by atoms with Gasteiger partial charge in [0, 0.05) is 19.3 Å². The second-order valence-electron chi connectivity index (χ2n) is 4.93. The largest absolute Gasteiger partial charge is 0.384 e. The second kappa shape index (κ2) is 3.68. The zero-order valence-corrected chi connectivity index (χ0v) is 9.40. The van der Waals surface area contributed by atoms with E-state index in [0.717, 1.165) is 19.0 Å².